The van der Waals surface area contributed by atoms with Gasteiger partial charge in [0.05, 0.1) is 39.7 Å². The lowest BCUT2D eigenvalue weighted by molar-refractivity contribution is 0.103. The lowest BCUT2D eigenvalue weighted by Crippen LogP contribution is -2.37. The summed E-state index contributed by atoms with van der Waals surface area (Å²) in [6.45, 7) is 6.54. The maximum atomic E-state index is 13.4. The number of carbonyl (C=O) groups is 1. The van der Waals surface area contributed by atoms with E-state index in [9.17, 15) is 18.0 Å². The monoisotopic (exact) mass is 541 g/mol. The SMILES string of the molecule is CCN(CC)S(=O)(=O)c1ccc(N2CCOCC2)c(NC(=O)c2cc3c(=O)n4ccccc4nc3s2)c1. The van der Waals surface area contributed by atoms with E-state index in [4.69, 9.17) is 4.74 Å². The van der Waals surface area contributed by atoms with Gasteiger partial charge in [0.1, 0.15) is 10.5 Å². The molecule has 0 radical (unpaired) electrons. The highest BCUT2D eigenvalue weighted by atomic mass is 32.2. The van der Waals surface area contributed by atoms with Gasteiger partial charge >= 0.3 is 0 Å². The molecule has 0 spiro atoms. The summed E-state index contributed by atoms with van der Waals surface area (Å²) in [4.78, 5) is 33.8. The molecule has 5 rings (SSSR count). The second-order valence-corrected chi connectivity index (χ2v) is 11.5. The van der Waals surface area contributed by atoms with Crippen molar-refractivity contribution in [3.05, 3.63) is 63.9 Å². The van der Waals surface area contributed by atoms with E-state index in [2.05, 4.69) is 15.2 Å². The van der Waals surface area contributed by atoms with E-state index in [1.165, 1.54) is 20.8 Å². The summed E-state index contributed by atoms with van der Waals surface area (Å²) >= 11 is 1.12. The highest BCUT2D eigenvalue weighted by molar-refractivity contribution is 7.89. The summed E-state index contributed by atoms with van der Waals surface area (Å²) < 4.78 is 34.7. The smallest absolute Gasteiger partial charge is 0.266 e. The highest BCUT2D eigenvalue weighted by Gasteiger charge is 2.25. The maximum Gasteiger partial charge on any atom is 0.266 e. The molecule has 0 saturated carbocycles. The van der Waals surface area contributed by atoms with Crippen LogP contribution in [0.2, 0.25) is 0 Å². The highest BCUT2D eigenvalue weighted by Crippen LogP contribution is 2.32. The van der Waals surface area contributed by atoms with Crippen molar-refractivity contribution in [3.8, 4) is 0 Å². The van der Waals surface area contributed by atoms with Crippen molar-refractivity contribution in [1.29, 1.82) is 0 Å². The minimum Gasteiger partial charge on any atom is -0.378 e. The number of amides is 1. The molecule has 12 heteroatoms. The molecule has 1 aromatic carbocycles. The van der Waals surface area contributed by atoms with Crippen LogP contribution in [0.25, 0.3) is 15.9 Å². The van der Waals surface area contributed by atoms with E-state index in [-0.39, 0.29) is 10.5 Å². The molecule has 1 aliphatic rings. The minimum absolute atomic E-state index is 0.103. The van der Waals surface area contributed by atoms with Crippen molar-refractivity contribution >= 4 is 54.5 Å². The largest absolute Gasteiger partial charge is 0.378 e. The Labute approximate surface area is 218 Å². The molecule has 37 heavy (non-hydrogen) atoms. The third-order valence-corrected chi connectivity index (χ3v) is 9.42. The van der Waals surface area contributed by atoms with Gasteiger partial charge in [0.25, 0.3) is 11.5 Å². The average molecular weight is 542 g/mol. The number of hydrogen-bond donors (Lipinski definition) is 1. The fourth-order valence-electron chi connectivity index (χ4n) is 4.41. The molecular formula is C25H27N5O5S2. The number of hydrogen-bond acceptors (Lipinski definition) is 8. The molecule has 4 heterocycles. The Hall–Kier alpha value is -3.32. The summed E-state index contributed by atoms with van der Waals surface area (Å²) in [6.07, 6.45) is 1.64. The molecule has 10 nitrogen and oxygen atoms in total. The first kappa shape index (κ1) is 25.3. The number of aromatic nitrogens is 2. The Morgan fingerprint density at radius 2 is 1.89 bits per heavy atom. The minimum atomic E-state index is -3.73. The zero-order valence-electron chi connectivity index (χ0n) is 20.5. The molecule has 4 aromatic rings. The standard InChI is InChI=1S/C25H27N5O5S2/c1-3-29(4-2)37(33,34)17-8-9-20(28-11-13-35-14-12-28)19(15-17)26-23(31)21-16-18-24(36-21)27-22-7-5-6-10-30(22)25(18)32/h5-10,15-16H,3-4,11-14H2,1-2H3,(H,26,31). The van der Waals surface area contributed by atoms with E-state index >= 15 is 0 Å². The van der Waals surface area contributed by atoms with Gasteiger partial charge in [0.15, 0.2) is 0 Å². The van der Waals surface area contributed by atoms with E-state index in [0.717, 1.165) is 11.3 Å². The number of thiophene rings is 1. The van der Waals surface area contributed by atoms with Gasteiger partial charge in [-0.25, -0.2) is 13.4 Å². The number of anilines is 2. The molecule has 0 atom stereocenters. The Kier molecular flexibility index (Phi) is 6.99. The van der Waals surface area contributed by atoms with Crippen LogP contribution in [0.3, 0.4) is 0 Å². The summed E-state index contributed by atoms with van der Waals surface area (Å²) in [7, 11) is -3.73. The van der Waals surface area contributed by atoms with Crippen molar-refractivity contribution in [2.75, 3.05) is 49.6 Å². The number of ether oxygens (including phenoxy) is 1. The summed E-state index contributed by atoms with van der Waals surface area (Å²) in [5.41, 5.74) is 1.34. The Bertz CT molecular complexity index is 1640. The Morgan fingerprint density at radius 3 is 2.62 bits per heavy atom. The van der Waals surface area contributed by atoms with Gasteiger partial charge in [-0.15, -0.1) is 11.3 Å². The van der Waals surface area contributed by atoms with Crippen molar-refractivity contribution in [1.82, 2.24) is 13.7 Å². The molecule has 0 unspecified atom stereocenters. The van der Waals surface area contributed by atoms with Crippen LogP contribution in [0.15, 0.2) is 58.4 Å². The van der Waals surface area contributed by atoms with Crippen LogP contribution >= 0.6 is 11.3 Å². The van der Waals surface area contributed by atoms with Gasteiger partial charge in [0.2, 0.25) is 10.0 Å². The van der Waals surface area contributed by atoms with Crippen LogP contribution < -0.4 is 15.8 Å². The van der Waals surface area contributed by atoms with Crippen LogP contribution in [0.5, 0.6) is 0 Å². The number of carbonyl (C=O) groups excluding carboxylic acids is 1. The Balaban J connectivity index is 1.55. The molecule has 1 fully saturated rings. The van der Waals surface area contributed by atoms with Gasteiger partial charge in [-0.2, -0.15) is 4.31 Å². The molecule has 0 aliphatic carbocycles. The zero-order chi connectivity index (χ0) is 26.2. The molecule has 1 amide bonds. The average Bonchev–Trinajstić information content (AvgIpc) is 3.34. The molecule has 0 bridgehead atoms. The molecule has 1 aliphatic heterocycles. The van der Waals surface area contributed by atoms with Gasteiger partial charge < -0.3 is 15.0 Å². The van der Waals surface area contributed by atoms with E-state index in [1.54, 1.807) is 50.4 Å². The second-order valence-electron chi connectivity index (χ2n) is 8.50. The molecule has 3 aromatic heterocycles. The zero-order valence-corrected chi connectivity index (χ0v) is 22.1. The number of nitrogens with zero attached hydrogens (tertiary/aromatic N) is 4. The number of sulfonamides is 1. The first-order valence-corrected chi connectivity index (χ1v) is 14.3. The van der Waals surface area contributed by atoms with Gasteiger partial charge in [0, 0.05) is 32.4 Å². The number of nitrogens with one attached hydrogen (secondary N) is 1. The van der Waals surface area contributed by atoms with Crippen LogP contribution in [0, 0.1) is 0 Å². The number of pyridine rings is 1. The molecule has 194 valence electrons. The number of rotatable bonds is 7. The summed E-state index contributed by atoms with van der Waals surface area (Å²) in [5, 5.41) is 3.25. The summed E-state index contributed by atoms with van der Waals surface area (Å²) in [6, 6.07) is 11.6. The van der Waals surface area contributed by atoms with Crippen LogP contribution in [-0.2, 0) is 14.8 Å². The number of fused-ring (bicyclic) bond motifs is 2. The van der Waals surface area contributed by atoms with E-state index < -0.39 is 15.9 Å². The lowest BCUT2D eigenvalue weighted by Gasteiger charge is -2.31. The normalized spacial score (nSPS) is 14.5. The quantitative estimate of drug-likeness (QED) is 0.383. The molecule has 1 N–H and O–H groups in total. The fourth-order valence-corrected chi connectivity index (χ4v) is 6.82. The number of benzene rings is 1. The van der Waals surface area contributed by atoms with Crippen molar-refractivity contribution in [2.24, 2.45) is 0 Å². The second kappa shape index (κ2) is 10.2. The predicted molar refractivity (Wildman–Crippen MR) is 144 cm³/mol. The van der Waals surface area contributed by atoms with E-state index in [1.807, 2.05) is 0 Å². The molecule has 1 saturated heterocycles. The third kappa shape index (κ3) is 4.73. The van der Waals surface area contributed by atoms with Crippen LogP contribution in [0.1, 0.15) is 23.5 Å². The maximum absolute atomic E-state index is 13.4. The van der Waals surface area contributed by atoms with Crippen molar-refractivity contribution in [2.45, 2.75) is 18.7 Å². The van der Waals surface area contributed by atoms with Gasteiger partial charge in [-0.05, 0) is 36.4 Å². The third-order valence-electron chi connectivity index (χ3n) is 6.35. The number of morpholine rings is 1. The van der Waals surface area contributed by atoms with Crippen molar-refractivity contribution in [3.63, 3.8) is 0 Å². The van der Waals surface area contributed by atoms with E-state index in [0.29, 0.717) is 71.5 Å². The summed E-state index contributed by atoms with van der Waals surface area (Å²) in [5.74, 6) is -0.441. The van der Waals surface area contributed by atoms with Crippen molar-refractivity contribution < 1.29 is 17.9 Å². The van der Waals surface area contributed by atoms with Crippen LogP contribution in [0.4, 0.5) is 11.4 Å². The predicted octanol–water partition coefficient (Wildman–Crippen LogP) is 3.03. The fraction of sp³-hybridized carbons (Fsp3) is 0.320. The first-order valence-electron chi connectivity index (χ1n) is 12.0. The van der Waals surface area contributed by atoms with Crippen LogP contribution in [-0.4, -0.2) is 67.4 Å². The van der Waals surface area contributed by atoms with Gasteiger partial charge in [-0.3, -0.25) is 14.0 Å². The Morgan fingerprint density at radius 1 is 1.14 bits per heavy atom. The lowest BCUT2D eigenvalue weighted by atomic mass is 10.2. The topological polar surface area (TPSA) is 113 Å². The van der Waals surface area contributed by atoms with Gasteiger partial charge in [-0.1, -0.05) is 19.9 Å². The first-order chi connectivity index (χ1) is 17.8. The molecular weight excluding hydrogens is 514 g/mol.